The van der Waals surface area contributed by atoms with E-state index >= 15 is 0 Å². The maximum Gasteiger partial charge on any atom is -0.0134 e. The molecule has 0 aliphatic heterocycles. The first-order valence-corrected chi connectivity index (χ1v) is 39.7. The second-order valence-corrected chi connectivity index (χ2v) is 32.9. The first kappa shape index (κ1) is 72.4. The second kappa shape index (κ2) is 41.2. The van der Waals surface area contributed by atoms with Gasteiger partial charge >= 0.3 is 129 Å². The van der Waals surface area contributed by atoms with Crippen molar-refractivity contribution in [3.05, 3.63) is 273 Å². The third-order valence-corrected chi connectivity index (χ3v) is 24.0. The van der Waals surface area contributed by atoms with E-state index in [2.05, 4.69) is 264 Å². The van der Waals surface area contributed by atoms with Gasteiger partial charge in [-0.3, -0.25) is 4.79 Å². The molecule has 8 aromatic carbocycles. The molecule has 14 heteroatoms. The number of aryl methyl sites for hydroxylation is 2. The van der Waals surface area contributed by atoms with Gasteiger partial charge in [0.25, 0.3) is 0 Å². The summed E-state index contributed by atoms with van der Waals surface area (Å²) in [4.78, 5) is 19.7. The van der Waals surface area contributed by atoms with Crippen molar-refractivity contribution in [1.82, 2.24) is 9.97 Å². The number of pyridine rings is 2. The molecule has 0 amide bonds. The zero-order valence-electron chi connectivity index (χ0n) is 48.3. The average Bonchev–Trinajstić information content (AvgIpc) is 3.71. The number of aromatic nitrogens is 2. The molecule has 0 aliphatic rings. The van der Waals surface area contributed by atoms with E-state index in [4.69, 9.17) is 35.4 Å². The molecule has 0 N–H and O–H groups in total. The number of nitrogens with zero attached hydrogens (tertiary/aromatic N) is 2. The Morgan fingerprint density at radius 3 is 1.13 bits per heavy atom. The minimum absolute atomic E-state index is 0. The van der Waals surface area contributed by atoms with Gasteiger partial charge in [0.05, 0.1) is 11.0 Å². The van der Waals surface area contributed by atoms with Crippen molar-refractivity contribution >= 4 is 164 Å². The van der Waals surface area contributed by atoms with Crippen molar-refractivity contribution in [2.24, 2.45) is 0 Å². The summed E-state index contributed by atoms with van der Waals surface area (Å²) < 4.78 is 8.74. The largest absolute Gasteiger partial charge is 0.0622 e. The normalized spacial score (nSPS) is 10.5. The van der Waals surface area contributed by atoms with Crippen LogP contribution in [0.1, 0.15) is 75.0 Å². The van der Waals surface area contributed by atoms with Gasteiger partial charge in [0.15, 0.2) is 5.78 Å². The fourth-order valence-electron chi connectivity index (χ4n) is 8.60. The third-order valence-electron chi connectivity index (χ3n) is 12.6. The summed E-state index contributed by atoms with van der Waals surface area (Å²) in [6, 6.07) is 80.2. The molecule has 2 aromatic heterocycles. The minimum atomic E-state index is -0.867. The van der Waals surface area contributed by atoms with Crippen molar-refractivity contribution in [3.63, 3.8) is 0 Å². The number of hydrogen-bond donors (Lipinski definition) is 0. The van der Waals surface area contributed by atoms with Crippen LogP contribution in [0.2, 0.25) is 15.8 Å². The van der Waals surface area contributed by atoms with Crippen LogP contribution in [0.4, 0.5) is 0 Å². The van der Waals surface area contributed by atoms with Crippen molar-refractivity contribution in [2.75, 3.05) is 6.61 Å². The van der Waals surface area contributed by atoms with Gasteiger partial charge < -0.3 is 0 Å². The minimum Gasteiger partial charge on any atom is -0.0622 e. The molecule has 0 spiro atoms. The van der Waals surface area contributed by atoms with Gasteiger partial charge in [-0.25, -0.2) is 9.97 Å². The molecule has 0 atom stereocenters. The molecule has 0 saturated carbocycles. The smallest absolute Gasteiger partial charge is 0.0134 e. The van der Waals surface area contributed by atoms with Crippen molar-refractivity contribution in [2.45, 2.75) is 77.9 Å². The van der Waals surface area contributed by atoms with Gasteiger partial charge in [-0.1, -0.05) is 232 Å². The van der Waals surface area contributed by atoms with Crippen LogP contribution < -0.4 is 31.8 Å². The molecular weight excluding hydrogens is 1450 g/mol. The van der Waals surface area contributed by atoms with Crippen molar-refractivity contribution in [3.8, 4) is 0 Å². The Morgan fingerprint density at radius 2 is 0.833 bits per heavy atom. The van der Waals surface area contributed by atoms with Crippen LogP contribution in [0.5, 0.6) is 0 Å². The number of unbranched alkanes of at least 4 members (excludes halogenated alkanes) is 2. The summed E-state index contributed by atoms with van der Waals surface area (Å²) in [6.07, 6.45) is 5.32. The fourth-order valence-corrected chi connectivity index (χ4v) is 19.6. The van der Waals surface area contributed by atoms with E-state index in [-0.39, 0.29) is 34.1 Å². The van der Waals surface area contributed by atoms with Gasteiger partial charge in [-0.05, 0) is 115 Å². The number of benzene rings is 8. The van der Waals surface area contributed by atoms with E-state index in [1.807, 2.05) is 43.3 Å². The molecule has 10 aromatic rings. The molecule has 0 bridgehead atoms. The summed E-state index contributed by atoms with van der Waals surface area (Å²) in [5.74, 6) is -0.00507. The average molecular weight is 1520 g/mol. The molecule has 0 radical (unpaired) electrons. The summed E-state index contributed by atoms with van der Waals surface area (Å²) in [7, 11) is 8.74. The monoisotopic (exact) mass is 1520 g/mol. The number of ether oxygens (including phenoxy) is 1. The number of carbonyl (C=O) groups is 1. The number of halogens is 6. The SMILES string of the molecule is C=C(OCC)[SeH](CCCC)CCCC.CC(=O)c1ccc2c(C)cc(Br)cc2n1.Cc1cc(Br)cc2nc(Cl)ccc12.Cl.[Cl][Pd][Cl].c1ccc(P(c2ccccc2)c2ccccc2)cc1.c1ccc(P(c2ccccc2)c2ccccc2)cc1. The maximum absolute atomic E-state index is 11.2. The van der Waals surface area contributed by atoms with E-state index in [0.29, 0.717) is 10.8 Å². The summed E-state index contributed by atoms with van der Waals surface area (Å²) in [5, 5.41) is 13.9. The molecule has 84 heavy (non-hydrogen) atoms. The number of ketones is 1. The Labute approximate surface area is 551 Å². The van der Waals surface area contributed by atoms with E-state index < -0.39 is 29.7 Å². The molecule has 2 heterocycles. The maximum atomic E-state index is 11.2. The van der Waals surface area contributed by atoms with E-state index in [9.17, 15) is 4.79 Å². The Hall–Kier alpha value is -4.05. The number of rotatable bonds is 16. The molecule has 4 nitrogen and oxygen atoms in total. The Balaban J connectivity index is 0.000000224. The van der Waals surface area contributed by atoms with Gasteiger partial charge in [-0.15, -0.1) is 12.4 Å². The molecule has 10 rings (SSSR count). The van der Waals surface area contributed by atoms with E-state index in [1.165, 1.54) is 80.6 Å². The Kier molecular flexibility index (Phi) is 35.5. The van der Waals surface area contributed by atoms with Crippen molar-refractivity contribution in [1.29, 1.82) is 0 Å². The molecule has 0 aliphatic carbocycles. The Bertz CT molecular complexity index is 3160. The van der Waals surface area contributed by atoms with E-state index in [1.54, 1.807) is 6.07 Å². The zero-order chi connectivity index (χ0) is 59.8. The molecule has 0 unspecified atom stereocenters. The second-order valence-electron chi connectivity index (χ2n) is 18.7. The number of carbonyl (C=O) groups excluding carboxylic acids is 1. The topological polar surface area (TPSA) is 52.1 Å². The van der Waals surface area contributed by atoms with Crippen LogP contribution in [0.3, 0.4) is 0 Å². The van der Waals surface area contributed by atoms with Crippen LogP contribution in [-0.2, 0) is 20.7 Å². The predicted octanol–water partition coefficient (Wildman–Crippen LogP) is 20.1. The standard InChI is InChI=1S/2C18H15P.C12H10BrNO.C12H26OSe.C10H7BrClN.3ClH.Pd/c2*1-4-10-16(11-5-1)19(17-12-6-2-7-13-17)18-14-8-3-9-15-18;1-7-5-9(13)6-12-10(7)3-4-11(14-12)8(2)15;1-5-8-10-14(11-9-6-2)12(4)13-7-3;1-6-4-7(11)5-9-8(6)2-3-10(12)13-9;;;;/h2*1-15H;3-6H,1-2H3;14H,4-11H2,1-3H3;2-5H,1H3;3*1H;/q;;;;;;;;+2/p-2. The van der Waals surface area contributed by atoms with Crippen LogP contribution in [0.15, 0.2) is 251 Å². The third kappa shape index (κ3) is 24.6. The molecular formula is C70H74Br2Cl4N2O2P2PdSe. The Morgan fingerprint density at radius 1 is 0.524 bits per heavy atom. The molecule has 0 saturated heterocycles. The van der Waals surface area contributed by atoms with E-state index in [0.717, 1.165) is 47.6 Å². The predicted molar refractivity (Wildman–Crippen MR) is 380 cm³/mol. The van der Waals surface area contributed by atoms with Crippen LogP contribution >= 0.6 is 90.8 Å². The van der Waals surface area contributed by atoms with Crippen LogP contribution in [0.25, 0.3) is 21.8 Å². The molecule has 444 valence electrons. The van der Waals surface area contributed by atoms with Crippen LogP contribution in [-0.4, -0.2) is 36.3 Å². The first-order valence-electron chi connectivity index (χ1n) is 27.4. The van der Waals surface area contributed by atoms with Gasteiger partial charge in [0, 0.05) is 26.6 Å². The quantitative estimate of drug-likeness (QED) is 0.0318. The number of hydrogen-bond acceptors (Lipinski definition) is 4. The summed E-state index contributed by atoms with van der Waals surface area (Å²) in [5.41, 5.74) is 4.66. The van der Waals surface area contributed by atoms with Gasteiger partial charge in [0.1, 0.15) is 10.8 Å². The fraction of sp³-hybridized carbons (Fsp3) is 0.186. The van der Waals surface area contributed by atoms with Gasteiger partial charge in [-0.2, -0.15) is 0 Å². The van der Waals surface area contributed by atoms with Crippen molar-refractivity contribution < 1.29 is 25.5 Å². The first-order chi connectivity index (χ1) is 40.3. The summed E-state index contributed by atoms with van der Waals surface area (Å²) >= 11 is 11.7. The van der Waals surface area contributed by atoms with Crippen LogP contribution in [0, 0.1) is 13.8 Å². The zero-order valence-corrected chi connectivity index (χ0v) is 59.7. The summed E-state index contributed by atoms with van der Waals surface area (Å²) in [6.45, 7) is 17.1. The number of Topliss-reactive ketones (excluding diaryl/α,β-unsaturated/α-hetero) is 1. The van der Waals surface area contributed by atoms with Gasteiger partial charge in [0.2, 0.25) is 0 Å². The number of fused-ring (bicyclic) bond motifs is 2. The molecule has 0 fully saturated rings.